The monoisotopic (exact) mass is 354 g/mol. The van der Waals surface area contributed by atoms with Crippen LogP contribution in [0.1, 0.15) is 44.2 Å². The molecule has 116 valence electrons. The van der Waals surface area contributed by atoms with Gasteiger partial charge in [-0.25, -0.2) is 4.39 Å². The van der Waals surface area contributed by atoms with Gasteiger partial charge in [-0.15, -0.1) is 0 Å². The summed E-state index contributed by atoms with van der Waals surface area (Å²) in [6, 6.07) is 6.55. The molecule has 1 aromatic rings. The van der Waals surface area contributed by atoms with E-state index in [4.69, 9.17) is 0 Å². The Labute approximate surface area is 135 Å². The Kier molecular flexibility index (Phi) is 4.97. The molecule has 1 heterocycles. The maximum absolute atomic E-state index is 13.4. The Balaban J connectivity index is 1.71. The minimum absolute atomic E-state index is 0.178. The summed E-state index contributed by atoms with van der Waals surface area (Å²) in [4.78, 5) is 2.65. The van der Waals surface area contributed by atoms with Crippen molar-refractivity contribution in [2.45, 2.75) is 44.7 Å². The molecule has 3 rings (SSSR count). The third-order valence-electron chi connectivity index (χ3n) is 4.87. The topological polar surface area (TPSA) is 15.3 Å². The first kappa shape index (κ1) is 15.4. The highest BCUT2D eigenvalue weighted by molar-refractivity contribution is 9.10. The number of benzene rings is 1. The summed E-state index contributed by atoms with van der Waals surface area (Å²) in [5.41, 5.74) is 1.21. The molecule has 2 aliphatic rings. The van der Waals surface area contributed by atoms with Crippen molar-refractivity contribution in [2.24, 2.45) is 5.92 Å². The fourth-order valence-corrected chi connectivity index (χ4v) is 3.75. The van der Waals surface area contributed by atoms with E-state index in [0.29, 0.717) is 10.5 Å². The molecule has 21 heavy (non-hydrogen) atoms. The zero-order chi connectivity index (χ0) is 14.8. The summed E-state index contributed by atoms with van der Waals surface area (Å²) in [5.74, 6) is 0.625. The molecule has 1 N–H and O–H groups in total. The average molecular weight is 355 g/mol. The lowest BCUT2D eigenvalue weighted by Crippen LogP contribution is -2.38. The van der Waals surface area contributed by atoms with Gasteiger partial charge in [0.15, 0.2) is 0 Å². The molecule has 0 bridgehead atoms. The number of rotatable bonds is 5. The number of halogens is 2. The van der Waals surface area contributed by atoms with Crippen LogP contribution in [0.4, 0.5) is 4.39 Å². The SMILES string of the molecule is CC(c1ccc(F)c(Br)c1)N(CC1CCNCC1)C1CC1. The third-order valence-corrected chi connectivity index (χ3v) is 5.47. The molecule has 1 aliphatic carbocycles. The van der Waals surface area contributed by atoms with E-state index in [0.717, 1.165) is 25.0 Å². The van der Waals surface area contributed by atoms with Crippen molar-refractivity contribution in [3.05, 3.63) is 34.1 Å². The first-order valence-corrected chi connectivity index (χ1v) is 8.86. The van der Waals surface area contributed by atoms with Gasteiger partial charge in [0.2, 0.25) is 0 Å². The van der Waals surface area contributed by atoms with Crippen molar-refractivity contribution in [1.29, 1.82) is 0 Å². The van der Waals surface area contributed by atoms with Gasteiger partial charge in [-0.05, 0) is 85.2 Å². The van der Waals surface area contributed by atoms with Crippen molar-refractivity contribution in [3.63, 3.8) is 0 Å². The standard InChI is InChI=1S/C17H24BrFN2/c1-12(14-2-5-17(19)16(18)10-14)21(15-3-4-15)11-13-6-8-20-9-7-13/h2,5,10,12-13,15,20H,3-4,6-9,11H2,1H3. The number of nitrogens with one attached hydrogen (secondary N) is 1. The van der Waals surface area contributed by atoms with Crippen LogP contribution in [0, 0.1) is 11.7 Å². The molecule has 1 aromatic carbocycles. The maximum Gasteiger partial charge on any atom is 0.137 e. The molecule has 1 saturated heterocycles. The van der Waals surface area contributed by atoms with Crippen LogP contribution in [0.3, 0.4) is 0 Å². The highest BCUT2D eigenvalue weighted by atomic mass is 79.9. The molecule has 2 nitrogen and oxygen atoms in total. The highest BCUT2D eigenvalue weighted by Gasteiger charge is 2.34. The van der Waals surface area contributed by atoms with Gasteiger partial charge in [0.1, 0.15) is 5.82 Å². The molecule has 1 unspecified atom stereocenters. The Morgan fingerprint density at radius 3 is 2.62 bits per heavy atom. The highest BCUT2D eigenvalue weighted by Crippen LogP contribution is 2.36. The molecule has 0 radical (unpaired) electrons. The van der Waals surface area contributed by atoms with Gasteiger partial charge < -0.3 is 5.32 Å². The van der Waals surface area contributed by atoms with Gasteiger partial charge in [-0.1, -0.05) is 6.07 Å². The second kappa shape index (κ2) is 6.76. The van der Waals surface area contributed by atoms with E-state index >= 15 is 0 Å². The third kappa shape index (κ3) is 3.85. The summed E-state index contributed by atoms with van der Waals surface area (Å²) in [6.07, 6.45) is 5.20. The second-order valence-electron chi connectivity index (χ2n) is 6.47. The molecular formula is C17H24BrFN2. The molecule has 1 atom stereocenters. The lowest BCUT2D eigenvalue weighted by molar-refractivity contribution is 0.152. The summed E-state index contributed by atoms with van der Waals surface area (Å²) < 4.78 is 14.0. The fraction of sp³-hybridized carbons (Fsp3) is 0.647. The van der Waals surface area contributed by atoms with Crippen molar-refractivity contribution in [1.82, 2.24) is 10.2 Å². The largest absolute Gasteiger partial charge is 0.317 e. The van der Waals surface area contributed by atoms with E-state index in [-0.39, 0.29) is 5.82 Å². The number of hydrogen-bond donors (Lipinski definition) is 1. The second-order valence-corrected chi connectivity index (χ2v) is 7.33. The van der Waals surface area contributed by atoms with Crippen LogP contribution < -0.4 is 5.32 Å². The summed E-state index contributed by atoms with van der Waals surface area (Å²) >= 11 is 3.31. The first-order valence-electron chi connectivity index (χ1n) is 8.06. The molecule has 0 spiro atoms. The number of nitrogens with zero attached hydrogens (tertiary/aromatic N) is 1. The summed E-state index contributed by atoms with van der Waals surface area (Å²) in [7, 11) is 0. The smallest absolute Gasteiger partial charge is 0.137 e. The Morgan fingerprint density at radius 2 is 2.00 bits per heavy atom. The number of piperidine rings is 1. The zero-order valence-corrected chi connectivity index (χ0v) is 14.2. The number of hydrogen-bond acceptors (Lipinski definition) is 2. The Bertz CT molecular complexity index is 484. The first-order chi connectivity index (χ1) is 10.1. The predicted molar refractivity (Wildman–Crippen MR) is 87.8 cm³/mol. The van der Waals surface area contributed by atoms with Crippen LogP contribution in [0.25, 0.3) is 0 Å². The van der Waals surface area contributed by atoms with E-state index < -0.39 is 0 Å². The van der Waals surface area contributed by atoms with Crippen LogP contribution in [0.2, 0.25) is 0 Å². The molecule has 2 fully saturated rings. The van der Waals surface area contributed by atoms with Crippen molar-refractivity contribution in [2.75, 3.05) is 19.6 Å². The summed E-state index contributed by atoms with van der Waals surface area (Å²) in [5, 5.41) is 3.44. The molecule has 4 heteroatoms. The molecule has 0 amide bonds. The van der Waals surface area contributed by atoms with E-state index in [1.54, 1.807) is 6.07 Å². The Hall–Kier alpha value is -0.450. The van der Waals surface area contributed by atoms with E-state index in [1.807, 2.05) is 12.1 Å². The van der Waals surface area contributed by atoms with Crippen LogP contribution in [-0.4, -0.2) is 30.6 Å². The fourth-order valence-electron chi connectivity index (χ4n) is 3.36. The molecular weight excluding hydrogens is 331 g/mol. The van der Waals surface area contributed by atoms with E-state index in [9.17, 15) is 4.39 Å². The van der Waals surface area contributed by atoms with Crippen LogP contribution >= 0.6 is 15.9 Å². The van der Waals surface area contributed by atoms with Gasteiger partial charge in [-0.2, -0.15) is 0 Å². The van der Waals surface area contributed by atoms with Crippen molar-refractivity contribution < 1.29 is 4.39 Å². The molecule has 1 aliphatic heterocycles. The lowest BCUT2D eigenvalue weighted by Gasteiger charge is -2.34. The average Bonchev–Trinajstić information content (AvgIpc) is 3.33. The maximum atomic E-state index is 13.4. The van der Waals surface area contributed by atoms with Crippen LogP contribution in [0.15, 0.2) is 22.7 Å². The van der Waals surface area contributed by atoms with Crippen LogP contribution in [0.5, 0.6) is 0 Å². The van der Waals surface area contributed by atoms with Gasteiger partial charge in [0.05, 0.1) is 4.47 Å². The lowest BCUT2D eigenvalue weighted by atomic mass is 9.96. The van der Waals surface area contributed by atoms with Gasteiger partial charge in [0.25, 0.3) is 0 Å². The molecule has 1 saturated carbocycles. The van der Waals surface area contributed by atoms with Crippen LogP contribution in [-0.2, 0) is 0 Å². The summed E-state index contributed by atoms with van der Waals surface area (Å²) in [6.45, 7) is 5.75. The minimum atomic E-state index is -0.178. The van der Waals surface area contributed by atoms with E-state index in [1.165, 1.54) is 37.8 Å². The van der Waals surface area contributed by atoms with E-state index in [2.05, 4.69) is 33.1 Å². The van der Waals surface area contributed by atoms with Crippen molar-refractivity contribution in [3.8, 4) is 0 Å². The minimum Gasteiger partial charge on any atom is -0.317 e. The van der Waals surface area contributed by atoms with Gasteiger partial charge >= 0.3 is 0 Å². The quantitative estimate of drug-likeness (QED) is 0.855. The zero-order valence-electron chi connectivity index (χ0n) is 12.6. The normalized spacial score (nSPS) is 21.7. The molecule has 0 aromatic heterocycles. The van der Waals surface area contributed by atoms with Gasteiger partial charge in [0, 0.05) is 18.6 Å². The van der Waals surface area contributed by atoms with Crippen molar-refractivity contribution >= 4 is 15.9 Å². The Morgan fingerprint density at radius 1 is 1.29 bits per heavy atom. The predicted octanol–water partition coefficient (Wildman–Crippen LogP) is 4.11. The van der Waals surface area contributed by atoms with Gasteiger partial charge in [-0.3, -0.25) is 4.90 Å².